The Morgan fingerprint density at radius 1 is 0.422 bits per heavy atom. The predicted octanol–water partition coefficient (Wildman–Crippen LogP) is 9.04. The third-order valence-electron chi connectivity index (χ3n) is 7.41. The minimum atomic E-state index is -3.21. The van der Waals surface area contributed by atoms with Crippen molar-refractivity contribution in [1.82, 2.24) is 4.98 Å². The van der Waals surface area contributed by atoms with Gasteiger partial charge in [0.2, 0.25) is 0 Å². The smallest absolute Gasteiger partial charge is 0.312 e. The van der Waals surface area contributed by atoms with Crippen molar-refractivity contribution in [2.24, 2.45) is 0 Å². The quantitative estimate of drug-likeness (QED) is 0.113. The fourth-order valence-electron chi connectivity index (χ4n) is 4.64. The van der Waals surface area contributed by atoms with E-state index in [1.54, 1.807) is 0 Å². The highest BCUT2D eigenvalue weighted by Gasteiger charge is 2.23. The van der Waals surface area contributed by atoms with Gasteiger partial charge in [-0.3, -0.25) is 13.7 Å². The molecule has 0 aliphatic heterocycles. The van der Waals surface area contributed by atoms with Crippen molar-refractivity contribution in [2.45, 2.75) is 18.5 Å². The van der Waals surface area contributed by atoms with Crippen LogP contribution in [0.1, 0.15) is 16.7 Å². The minimum Gasteiger partial charge on any atom is -0.312 e. The van der Waals surface area contributed by atoms with Gasteiger partial charge in [0.05, 0.1) is 29.9 Å². The van der Waals surface area contributed by atoms with E-state index in [-0.39, 0.29) is 18.5 Å². The van der Waals surface area contributed by atoms with Gasteiger partial charge in [-0.15, -0.1) is 0 Å². The van der Waals surface area contributed by atoms with E-state index < -0.39 is 22.8 Å². The van der Waals surface area contributed by atoms with Crippen LogP contribution in [0.3, 0.4) is 0 Å². The maximum Gasteiger partial charge on any atom is 0.334 e. The van der Waals surface area contributed by atoms with Gasteiger partial charge in [-0.2, -0.15) is 0 Å². The number of pyridine rings is 1. The van der Waals surface area contributed by atoms with Gasteiger partial charge < -0.3 is 27.1 Å². The average Bonchev–Trinajstić information content (AvgIpc) is 3.08. The highest BCUT2D eigenvalue weighted by Crippen LogP contribution is 2.51. The van der Waals surface area contributed by atoms with E-state index in [9.17, 15) is 13.7 Å². The molecule has 0 aliphatic carbocycles. The summed E-state index contributed by atoms with van der Waals surface area (Å²) in [6, 6.07) is 26.9. The second kappa shape index (κ2) is 15.2. The Morgan fingerprint density at radius 2 is 0.689 bits per heavy atom. The molecule has 3 aromatic carbocycles. The second-order valence-corrected chi connectivity index (χ2v) is 16.9. The van der Waals surface area contributed by atoms with Crippen LogP contribution in [0.15, 0.2) is 84.9 Å². The number of aromatic nitrogens is 1. The van der Waals surface area contributed by atoms with Crippen molar-refractivity contribution >= 4 is 22.8 Å². The van der Waals surface area contributed by atoms with E-state index in [4.69, 9.17) is 32.1 Å². The fraction of sp³-hybridized carbons (Fsp3) is 0.281. The standard InChI is InChI=1S/C32H38NO9P3/c1-37-43(34,38-2)21-24-7-13-27(14-8-24)30-19-31(28-15-9-25(10-16-28)22-44(35,39-3)40-4)33-32(20-30)29-17-11-26(12-18-29)23-45(36,41-5)42-6/h7-20H,21-23H2,1-6H3. The summed E-state index contributed by atoms with van der Waals surface area (Å²) in [5.41, 5.74) is 7.48. The van der Waals surface area contributed by atoms with Crippen LogP contribution in [0.2, 0.25) is 0 Å². The Bertz CT molecular complexity index is 1490. The molecule has 0 radical (unpaired) electrons. The number of benzene rings is 3. The summed E-state index contributed by atoms with van der Waals surface area (Å²) in [4.78, 5) is 4.98. The summed E-state index contributed by atoms with van der Waals surface area (Å²) in [5.74, 6) is 0. The molecular weight excluding hydrogens is 635 g/mol. The van der Waals surface area contributed by atoms with Gasteiger partial charge in [0.25, 0.3) is 0 Å². The van der Waals surface area contributed by atoms with Gasteiger partial charge in [-0.25, -0.2) is 4.98 Å². The van der Waals surface area contributed by atoms with Gasteiger partial charge in [0.15, 0.2) is 0 Å². The Labute approximate surface area is 264 Å². The topological polar surface area (TPSA) is 119 Å². The van der Waals surface area contributed by atoms with Crippen LogP contribution >= 0.6 is 22.8 Å². The van der Waals surface area contributed by atoms with Gasteiger partial charge in [0, 0.05) is 53.8 Å². The lowest BCUT2D eigenvalue weighted by Crippen LogP contribution is -1.96. The van der Waals surface area contributed by atoms with Crippen molar-refractivity contribution in [2.75, 3.05) is 42.7 Å². The van der Waals surface area contributed by atoms with Gasteiger partial charge in [-0.1, -0.05) is 72.8 Å². The molecule has 45 heavy (non-hydrogen) atoms. The van der Waals surface area contributed by atoms with E-state index in [1.165, 1.54) is 42.7 Å². The maximum atomic E-state index is 12.6. The molecule has 13 heteroatoms. The normalized spacial score (nSPS) is 12.4. The third-order valence-corrected chi connectivity index (χ3v) is 13.0. The molecule has 0 spiro atoms. The fourth-order valence-corrected chi connectivity index (χ4v) is 7.84. The van der Waals surface area contributed by atoms with Crippen molar-refractivity contribution in [3.8, 4) is 33.6 Å². The third kappa shape index (κ3) is 8.96. The molecule has 1 heterocycles. The van der Waals surface area contributed by atoms with Crippen LogP contribution < -0.4 is 0 Å². The van der Waals surface area contributed by atoms with E-state index in [0.717, 1.165) is 50.3 Å². The molecule has 0 saturated carbocycles. The molecule has 0 fully saturated rings. The number of hydrogen-bond donors (Lipinski definition) is 0. The molecule has 0 unspecified atom stereocenters. The number of hydrogen-bond acceptors (Lipinski definition) is 10. The number of nitrogens with zero attached hydrogens (tertiary/aromatic N) is 1. The second-order valence-electron chi connectivity index (χ2n) is 10.1. The van der Waals surface area contributed by atoms with E-state index in [2.05, 4.69) is 0 Å². The van der Waals surface area contributed by atoms with Crippen LogP contribution in [0.25, 0.3) is 33.6 Å². The van der Waals surface area contributed by atoms with Crippen LogP contribution in [0, 0.1) is 0 Å². The van der Waals surface area contributed by atoms with Gasteiger partial charge in [-0.05, 0) is 39.9 Å². The van der Waals surface area contributed by atoms with Crippen LogP contribution in [0.5, 0.6) is 0 Å². The van der Waals surface area contributed by atoms with Crippen molar-refractivity contribution in [1.29, 1.82) is 0 Å². The lowest BCUT2D eigenvalue weighted by molar-refractivity contribution is 0.274. The van der Waals surface area contributed by atoms with Gasteiger partial charge in [0.1, 0.15) is 0 Å². The molecule has 0 amide bonds. The first kappa shape index (κ1) is 35.1. The Kier molecular flexibility index (Phi) is 11.9. The van der Waals surface area contributed by atoms with E-state index >= 15 is 0 Å². The zero-order valence-corrected chi connectivity index (χ0v) is 28.9. The molecule has 0 N–H and O–H groups in total. The molecular formula is C32H38NO9P3. The van der Waals surface area contributed by atoms with E-state index in [1.807, 2.05) is 84.9 Å². The summed E-state index contributed by atoms with van der Waals surface area (Å²) in [6.07, 6.45) is 0.454. The lowest BCUT2D eigenvalue weighted by Gasteiger charge is -2.15. The molecule has 0 bridgehead atoms. The number of rotatable bonds is 15. The summed E-state index contributed by atoms with van der Waals surface area (Å²) in [6.45, 7) is 0. The molecule has 0 saturated heterocycles. The largest absolute Gasteiger partial charge is 0.334 e. The summed E-state index contributed by atoms with van der Waals surface area (Å²) >= 11 is 0. The molecule has 10 nitrogen and oxygen atoms in total. The van der Waals surface area contributed by atoms with Crippen molar-refractivity contribution < 1.29 is 40.8 Å². The first-order valence-corrected chi connectivity index (χ1v) is 19.1. The monoisotopic (exact) mass is 673 g/mol. The summed E-state index contributed by atoms with van der Waals surface area (Å²) < 4.78 is 68.5. The zero-order valence-electron chi connectivity index (χ0n) is 26.2. The first-order chi connectivity index (χ1) is 21.5. The average molecular weight is 674 g/mol. The zero-order chi connectivity index (χ0) is 32.7. The molecule has 4 rings (SSSR count). The molecule has 4 aromatic rings. The highest BCUT2D eigenvalue weighted by atomic mass is 31.2. The van der Waals surface area contributed by atoms with Crippen LogP contribution in [-0.2, 0) is 59.3 Å². The molecule has 0 aliphatic rings. The SMILES string of the molecule is COP(=O)(Cc1ccc(-c2cc(-c3ccc(CP(=O)(OC)OC)cc3)nc(-c3ccc(CP(=O)(OC)OC)cc3)c2)cc1)OC. The molecule has 240 valence electrons. The van der Waals surface area contributed by atoms with Crippen LogP contribution in [0.4, 0.5) is 0 Å². The highest BCUT2D eigenvalue weighted by molar-refractivity contribution is 7.53. The van der Waals surface area contributed by atoms with Gasteiger partial charge >= 0.3 is 22.8 Å². The maximum absolute atomic E-state index is 12.6. The Balaban J connectivity index is 1.73. The van der Waals surface area contributed by atoms with Crippen molar-refractivity contribution in [3.63, 3.8) is 0 Å². The minimum absolute atomic E-state index is 0.149. The predicted molar refractivity (Wildman–Crippen MR) is 177 cm³/mol. The van der Waals surface area contributed by atoms with E-state index in [0.29, 0.717) is 0 Å². The lowest BCUT2D eigenvalue weighted by atomic mass is 9.98. The first-order valence-electron chi connectivity index (χ1n) is 13.9. The van der Waals surface area contributed by atoms with Crippen molar-refractivity contribution in [3.05, 3.63) is 102 Å². The Hall–Kier alpha value is -2.74. The molecule has 1 aromatic heterocycles. The molecule has 0 atom stereocenters. The summed E-state index contributed by atoms with van der Waals surface area (Å²) in [5, 5.41) is 0. The Morgan fingerprint density at radius 3 is 0.956 bits per heavy atom. The summed E-state index contributed by atoms with van der Waals surface area (Å²) in [7, 11) is -1.40. The van der Waals surface area contributed by atoms with Crippen LogP contribution in [-0.4, -0.2) is 47.6 Å².